The molecule has 0 spiro atoms. The Balaban J connectivity index is 1.70. The number of hydrogen-bond donors (Lipinski definition) is 1. The Labute approximate surface area is 112 Å². The summed E-state index contributed by atoms with van der Waals surface area (Å²) in [6.45, 7) is 2.99. The SMILES string of the molecule is Cc1cc(Cl)ccc1OCCNC(=O)C1CCC1. The van der Waals surface area contributed by atoms with E-state index in [0.717, 1.165) is 24.2 Å². The first kappa shape index (κ1) is 13.2. The van der Waals surface area contributed by atoms with Gasteiger partial charge in [-0.1, -0.05) is 18.0 Å². The van der Waals surface area contributed by atoms with Gasteiger partial charge in [0.1, 0.15) is 12.4 Å². The summed E-state index contributed by atoms with van der Waals surface area (Å²) in [4.78, 5) is 11.6. The van der Waals surface area contributed by atoms with E-state index < -0.39 is 0 Å². The van der Waals surface area contributed by atoms with Gasteiger partial charge >= 0.3 is 0 Å². The van der Waals surface area contributed by atoms with Crippen molar-refractivity contribution < 1.29 is 9.53 Å². The zero-order valence-electron chi connectivity index (χ0n) is 10.5. The summed E-state index contributed by atoms with van der Waals surface area (Å²) in [5.41, 5.74) is 1.01. The lowest BCUT2D eigenvalue weighted by Gasteiger charge is -2.24. The summed E-state index contributed by atoms with van der Waals surface area (Å²) in [6, 6.07) is 5.52. The van der Waals surface area contributed by atoms with Gasteiger partial charge in [-0.3, -0.25) is 4.79 Å². The number of carbonyl (C=O) groups excluding carboxylic acids is 1. The van der Waals surface area contributed by atoms with Gasteiger partial charge in [0.2, 0.25) is 5.91 Å². The third-order valence-corrected chi connectivity index (χ3v) is 3.51. The minimum atomic E-state index is 0.165. The molecular weight excluding hydrogens is 250 g/mol. The Morgan fingerprint density at radius 2 is 2.28 bits per heavy atom. The average Bonchev–Trinajstić information content (AvgIpc) is 2.24. The Hall–Kier alpha value is -1.22. The van der Waals surface area contributed by atoms with Crippen molar-refractivity contribution in [2.75, 3.05) is 13.2 Å². The highest BCUT2D eigenvalue weighted by Gasteiger charge is 2.24. The molecule has 3 nitrogen and oxygen atoms in total. The minimum absolute atomic E-state index is 0.165. The summed E-state index contributed by atoms with van der Waals surface area (Å²) >= 11 is 5.86. The smallest absolute Gasteiger partial charge is 0.223 e. The van der Waals surface area contributed by atoms with Crippen molar-refractivity contribution in [3.05, 3.63) is 28.8 Å². The molecule has 1 aromatic rings. The summed E-state index contributed by atoms with van der Waals surface area (Å²) < 4.78 is 5.60. The average molecular weight is 268 g/mol. The molecule has 1 amide bonds. The standard InChI is InChI=1S/C14H18ClNO2/c1-10-9-12(15)5-6-13(10)18-8-7-16-14(17)11-3-2-4-11/h5-6,9,11H,2-4,7-8H2,1H3,(H,16,17). The Morgan fingerprint density at radius 1 is 1.50 bits per heavy atom. The maximum atomic E-state index is 11.6. The fourth-order valence-electron chi connectivity index (χ4n) is 1.92. The van der Waals surface area contributed by atoms with Crippen LogP contribution in [-0.2, 0) is 4.79 Å². The van der Waals surface area contributed by atoms with Crippen LogP contribution in [-0.4, -0.2) is 19.1 Å². The molecule has 0 aromatic heterocycles. The number of aryl methyl sites for hydroxylation is 1. The third-order valence-electron chi connectivity index (χ3n) is 3.27. The number of amides is 1. The molecular formula is C14H18ClNO2. The van der Waals surface area contributed by atoms with Crippen LogP contribution in [0.1, 0.15) is 24.8 Å². The number of carbonyl (C=O) groups is 1. The maximum Gasteiger partial charge on any atom is 0.223 e. The number of nitrogens with one attached hydrogen (secondary N) is 1. The van der Waals surface area contributed by atoms with Crippen molar-refractivity contribution in [2.45, 2.75) is 26.2 Å². The van der Waals surface area contributed by atoms with Gasteiger partial charge in [0.25, 0.3) is 0 Å². The van der Waals surface area contributed by atoms with E-state index >= 15 is 0 Å². The van der Waals surface area contributed by atoms with Crippen LogP contribution in [0.4, 0.5) is 0 Å². The summed E-state index contributed by atoms with van der Waals surface area (Å²) in [5, 5.41) is 3.60. The summed E-state index contributed by atoms with van der Waals surface area (Å²) in [6.07, 6.45) is 3.24. The fraction of sp³-hybridized carbons (Fsp3) is 0.500. The first-order valence-corrected chi connectivity index (χ1v) is 6.71. The first-order chi connectivity index (χ1) is 8.66. The normalized spacial score (nSPS) is 15.0. The predicted molar refractivity (Wildman–Crippen MR) is 72.0 cm³/mol. The topological polar surface area (TPSA) is 38.3 Å². The number of ether oxygens (including phenoxy) is 1. The molecule has 98 valence electrons. The Bertz CT molecular complexity index is 430. The van der Waals surface area contributed by atoms with Gasteiger partial charge in [-0.2, -0.15) is 0 Å². The maximum absolute atomic E-state index is 11.6. The molecule has 1 N–H and O–H groups in total. The zero-order valence-corrected chi connectivity index (χ0v) is 11.3. The third kappa shape index (κ3) is 3.39. The molecule has 1 fully saturated rings. The van der Waals surface area contributed by atoms with E-state index in [1.165, 1.54) is 6.42 Å². The monoisotopic (exact) mass is 267 g/mol. The van der Waals surface area contributed by atoms with Crippen molar-refractivity contribution in [3.63, 3.8) is 0 Å². The van der Waals surface area contributed by atoms with Crippen LogP contribution in [0.25, 0.3) is 0 Å². The van der Waals surface area contributed by atoms with Crippen molar-refractivity contribution in [1.29, 1.82) is 0 Å². The van der Waals surface area contributed by atoms with Crippen LogP contribution < -0.4 is 10.1 Å². The van der Waals surface area contributed by atoms with Crippen LogP contribution >= 0.6 is 11.6 Å². The molecule has 0 saturated heterocycles. The van der Waals surface area contributed by atoms with E-state index in [1.54, 1.807) is 6.07 Å². The Kier molecular flexibility index (Phi) is 4.48. The van der Waals surface area contributed by atoms with Crippen LogP contribution in [0.2, 0.25) is 5.02 Å². The van der Waals surface area contributed by atoms with E-state index in [0.29, 0.717) is 18.2 Å². The van der Waals surface area contributed by atoms with Crippen molar-refractivity contribution in [3.8, 4) is 5.75 Å². The molecule has 1 saturated carbocycles. The van der Waals surface area contributed by atoms with Gasteiger partial charge in [0.15, 0.2) is 0 Å². The quantitative estimate of drug-likeness (QED) is 0.833. The van der Waals surface area contributed by atoms with Crippen LogP contribution in [0.3, 0.4) is 0 Å². The molecule has 0 bridgehead atoms. The van der Waals surface area contributed by atoms with E-state index in [1.807, 2.05) is 19.1 Å². The number of hydrogen-bond acceptors (Lipinski definition) is 2. The molecule has 0 heterocycles. The fourth-order valence-corrected chi connectivity index (χ4v) is 2.15. The molecule has 0 radical (unpaired) electrons. The van der Waals surface area contributed by atoms with Gasteiger partial charge < -0.3 is 10.1 Å². The molecule has 0 atom stereocenters. The van der Waals surface area contributed by atoms with Gasteiger partial charge in [-0.15, -0.1) is 0 Å². The van der Waals surface area contributed by atoms with Gasteiger partial charge in [-0.05, 0) is 43.5 Å². The van der Waals surface area contributed by atoms with Crippen molar-refractivity contribution in [2.24, 2.45) is 5.92 Å². The second-order valence-corrected chi connectivity index (χ2v) is 5.11. The lowest BCUT2D eigenvalue weighted by atomic mass is 9.85. The van der Waals surface area contributed by atoms with Crippen molar-refractivity contribution >= 4 is 17.5 Å². The molecule has 1 aromatic carbocycles. The molecule has 1 aliphatic carbocycles. The molecule has 0 aliphatic heterocycles. The van der Waals surface area contributed by atoms with Gasteiger partial charge in [-0.25, -0.2) is 0 Å². The van der Waals surface area contributed by atoms with E-state index in [9.17, 15) is 4.79 Å². The minimum Gasteiger partial charge on any atom is -0.491 e. The molecule has 1 aliphatic rings. The van der Waals surface area contributed by atoms with Crippen LogP contribution in [0.5, 0.6) is 5.75 Å². The number of rotatable bonds is 5. The Morgan fingerprint density at radius 3 is 2.89 bits per heavy atom. The highest BCUT2D eigenvalue weighted by molar-refractivity contribution is 6.30. The van der Waals surface area contributed by atoms with Crippen LogP contribution in [0, 0.1) is 12.8 Å². The van der Waals surface area contributed by atoms with Gasteiger partial charge in [0, 0.05) is 10.9 Å². The highest BCUT2D eigenvalue weighted by Crippen LogP contribution is 2.26. The molecule has 2 rings (SSSR count). The molecule has 0 unspecified atom stereocenters. The zero-order chi connectivity index (χ0) is 13.0. The first-order valence-electron chi connectivity index (χ1n) is 6.33. The molecule has 4 heteroatoms. The lowest BCUT2D eigenvalue weighted by Crippen LogP contribution is -2.36. The van der Waals surface area contributed by atoms with E-state index in [4.69, 9.17) is 16.3 Å². The molecule has 18 heavy (non-hydrogen) atoms. The highest BCUT2D eigenvalue weighted by atomic mass is 35.5. The second-order valence-electron chi connectivity index (χ2n) is 4.68. The number of benzene rings is 1. The second kappa shape index (κ2) is 6.10. The lowest BCUT2D eigenvalue weighted by molar-refractivity contribution is -0.127. The van der Waals surface area contributed by atoms with Crippen molar-refractivity contribution in [1.82, 2.24) is 5.32 Å². The largest absolute Gasteiger partial charge is 0.491 e. The van der Waals surface area contributed by atoms with E-state index in [2.05, 4.69) is 5.32 Å². The summed E-state index contributed by atoms with van der Waals surface area (Å²) in [7, 11) is 0. The summed E-state index contributed by atoms with van der Waals surface area (Å²) in [5.74, 6) is 1.22. The number of halogens is 1. The predicted octanol–water partition coefficient (Wildman–Crippen LogP) is 2.94. The van der Waals surface area contributed by atoms with Crippen LogP contribution in [0.15, 0.2) is 18.2 Å². The van der Waals surface area contributed by atoms with Gasteiger partial charge in [0.05, 0.1) is 6.54 Å². The van der Waals surface area contributed by atoms with E-state index in [-0.39, 0.29) is 11.8 Å².